The SMILES string of the molecule is CC(C)(C)CN1CC(N2CCN(C(C)(C)C)CC2)C1.CC(C)(C)N1CCN(C2CN(C(C)(C)C)C2)CC1.CC(C)(C)OCCN1CCN(C(C)(C)C)CC1. The molecule has 320 valence electrons. The molecule has 0 aliphatic carbocycles. The van der Waals surface area contributed by atoms with Crippen molar-refractivity contribution in [1.82, 2.24) is 39.2 Å². The zero-order chi connectivity index (χ0) is 40.9. The van der Waals surface area contributed by atoms with Crippen LogP contribution in [-0.2, 0) is 4.74 Å². The fourth-order valence-electron chi connectivity index (χ4n) is 8.45. The smallest absolute Gasteiger partial charge is 0.0600 e. The summed E-state index contributed by atoms with van der Waals surface area (Å²) < 4.78 is 5.77. The van der Waals surface area contributed by atoms with Crippen molar-refractivity contribution in [2.24, 2.45) is 5.41 Å². The predicted octanol–water partition coefficient (Wildman–Crippen LogP) is 6.24. The third-order valence-electron chi connectivity index (χ3n) is 12.3. The highest BCUT2D eigenvalue weighted by atomic mass is 16.5. The lowest BCUT2D eigenvalue weighted by molar-refractivity contribution is -0.0470. The molecule has 0 amide bonds. The van der Waals surface area contributed by atoms with Gasteiger partial charge in [-0.15, -0.1) is 0 Å². The van der Waals surface area contributed by atoms with E-state index in [4.69, 9.17) is 4.74 Å². The zero-order valence-corrected chi connectivity index (χ0v) is 39.6. The second-order valence-electron chi connectivity index (χ2n) is 23.5. The largest absolute Gasteiger partial charge is 0.375 e. The van der Waals surface area contributed by atoms with Crippen molar-refractivity contribution < 1.29 is 4.74 Å². The van der Waals surface area contributed by atoms with Crippen molar-refractivity contribution in [1.29, 1.82) is 0 Å². The maximum Gasteiger partial charge on any atom is 0.0600 e. The van der Waals surface area contributed by atoms with Crippen LogP contribution in [0, 0.1) is 5.41 Å². The molecule has 0 spiro atoms. The van der Waals surface area contributed by atoms with Crippen LogP contribution < -0.4 is 0 Å². The first-order chi connectivity index (χ1) is 24.5. The van der Waals surface area contributed by atoms with E-state index in [9.17, 15) is 0 Å². The van der Waals surface area contributed by atoms with Crippen LogP contribution in [-0.4, -0.2) is 203 Å². The molecule has 54 heavy (non-hydrogen) atoms. The van der Waals surface area contributed by atoms with Crippen LogP contribution in [0.25, 0.3) is 0 Å². The minimum Gasteiger partial charge on any atom is -0.375 e. The molecule has 5 fully saturated rings. The summed E-state index contributed by atoms with van der Waals surface area (Å²) in [6.45, 7) is 64.1. The molecule has 5 aliphatic rings. The molecule has 0 atom stereocenters. The van der Waals surface area contributed by atoms with Crippen LogP contribution in [0.2, 0.25) is 0 Å². The molecule has 0 N–H and O–H groups in total. The molecule has 9 heteroatoms. The first-order valence-electron chi connectivity index (χ1n) is 22.1. The highest BCUT2D eigenvalue weighted by molar-refractivity contribution is 4.97. The molecule has 5 saturated heterocycles. The van der Waals surface area contributed by atoms with Gasteiger partial charge in [0.1, 0.15) is 0 Å². The van der Waals surface area contributed by atoms with E-state index in [1.54, 1.807) is 0 Å². The van der Waals surface area contributed by atoms with Crippen molar-refractivity contribution in [2.75, 3.05) is 124 Å². The Balaban J connectivity index is 0.000000218. The first kappa shape index (κ1) is 48.0. The number of rotatable bonds is 6. The Morgan fingerprint density at radius 2 is 0.722 bits per heavy atom. The Morgan fingerprint density at radius 3 is 1.04 bits per heavy atom. The van der Waals surface area contributed by atoms with Gasteiger partial charge in [-0.1, -0.05) is 20.8 Å². The topological polar surface area (TPSA) is 35.2 Å². The van der Waals surface area contributed by atoms with Gasteiger partial charge in [0.05, 0.1) is 12.2 Å². The highest BCUT2D eigenvalue weighted by Crippen LogP contribution is 2.27. The summed E-state index contributed by atoms with van der Waals surface area (Å²) in [5.41, 5.74) is 1.77. The standard InChI is InChI=1S/C16H33N3.C15H31N3.C14H30N2O/c1-15(2,3)13-17-11-14(12-17)18-7-9-19(10-8-18)16(4,5)6;1-14(2,3)17-9-7-16(8-10-17)13-11-18(12-13)15(4,5)6;1-13(2,3)16-9-7-15(8-10-16)11-12-17-14(4,5)6/h14H,7-13H2,1-6H3;13H,7-12H2,1-6H3;7-12H2,1-6H3. The average Bonchev–Trinajstić information content (AvgIpc) is 2.96. The molecule has 0 saturated carbocycles. The number of hydrogen-bond acceptors (Lipinski definition) is 9. The van der Waals surface area contributed by atoms with E-state index < -0.39 is 0 Å². The van der Waals surface area contributed by atoms with E-state index >= 15 is 0 Å². The average molecular weight is 763 g/mol. The Bertz CT molecular complexity index is 1050. The summed E-state index contributed by atoms with van der Waals surface area (Å²) in [4.78, 5) is 20.9. The zero-order valence-electron chi connectivity index (χ0n) is 39.6. The summed E-state index contributed by atoms with van der Waals surface area (Å²) in [6.07, 6.45) is 0. The quantitative estimate of drug-likeness (QED) is 0.313. The van der Waals surface area contributed by atoms with Crippen molar-refractivity contribution in [3.05, 3.63) is 0 Å². The molecule has 9 nitrogen and oxygen atoms in total. The Kier molecular flexibility index (Phi) is 17.0. The van der Waals surface area contributed by atoms with Gasteiger partial charge in [-0.25, -0.2) is 0 Å². The van der Waals surface area contributed by atoms with E-state index in [1.807, 2.05) is 0 Å². The Morgan fingerprint density at radius 1 is 0.389 bits per heavy atom. The Hall–Kier alpha value is -0.360. The summed E-state index contributed by atoms with van der Waals surface area (Å²) >= 11 is 0. The van der Waals surface area contributed by atoms with Gasteiger partial charge in [-0.3, -0.25) is 39.2 Å². The number of ether oxygens (including phenoxy) is 1. The lowest BCUT2D eigenvalue weighted by Crippen LogP contribution is -2.67. The van der Waals surface area contributed by atoms with Crippen molar-refractivity contribution in [3.8, 4) is 0 Å². The van der Waals surface area contributed by atoms with Crippen LogP contribution >= 0.6 is 0 Å². The molecule has 5 rings (SSSR count). The Labute approximate surface area is 337 Å². The van der Waals surface area contributed by atoms with E-state index in [2.05, 4.69) is 164 Å². The fourth-order valence-corrected chi connectivity index (χ4v) is 8.45. The minimum atomic E-state index is -0.00671. The van der Waals surface area contributed by atoms with Gasteiger partial charge in [0.2, 0.25) is 0 Å². The summed E-state index contributed by atoms with van der Waals surface area (Å²) in [7, 11) is 0. The second kappa shape index (κ2) is 19.1. The van der Waals surface area contributed by atoms with Crippen LogP contribution in [0.5, 0.6) is 0 Å². The summed E-state index contributed by atoms with van der Waals surface area (Å²) in [6, 6.07) is 1.64. The molecule has 0 aromatic heterocycles. The van der Waals surface area contributed by atoms with Gasteiger partial charge in [-0.2, -0.15) is 0 Å². The molecule has 0 aromatic rings. The second-order valence-corrected chi connectivity index (χ2v) is 23.5. The van der Waals surface area contributed by atoms with Gasteiger partial charge >= 0.3 is 0 Å². The van der Waals surface area contributed by atoms with Crippen molar-refractivity contribution >= 4 is 0 Å². The minimum absolute atomic E-state index is 0.00671. The van der Waals surface area contributed by atoms with Gasteiger partial charge in [0.25, 0.3) is 0 Å². The monoisotopic (exact) mass is 763 g/mol. The number of likely N-dealkylation sites (tertiary alicyclic amines) is 2. The molecule has 0 bridgehead atoms. The first-order valence-corrected chi connectivity index (χ1v) is 22.1. The van der Waals surface area contributed by atoms with Gasteiger partial charge in [-0.05, 0) is 109 Å². The number of hydrogen-bond donors (Lipinski definition) is 0. The molecule has 5 heterocycles. The van der Waals surface area contributed by atoms with Crippen LogP contribution in [0.15, 0.2) is 0 Å². The maximum atomic E-state index is 5.77. The lowest BCUT2D eigenvalue weighted by atomic mass is 9.93. The van der Waals surface area contributed by atoms with E-state index in [1.165, 1.54) is 111 Å². The third-order valence-corrected chi connectivity index (χ3v) is 12.3. The van der Waals surface area contributed by atoms with Crippen LogP contribution in [0.3, 0.4) is 0 Å². The third kappa shape index (κ3) is 16.5. The molecule has 0 radical (unpaired) electrons. The van der Waals surface area contributed by atoms with Crippen LogP contribution in [0.1, 0.15) is 125 Å². The molecule has 5 aliphatic heterocycles. The fraction of sp³-hybridized carbons (Fsp3) is 1.00. The number of piperazine rings is 3. The maximum absolute atomic E-state index is 5.77. The molecule has 0 unspecified atom stereocenters. The van der Waals surface area contributed by atoms with Crippen molar-refractivity contribution in [3.63, 3.8) is 0 Å². The highest BCUT2D eigenvalue weighted by Gasteiger charge is 2.39. The number of nitrogens with zero attached hydrogens (tertiary/aromatic N) is 8. The van der Waals surface area contributed by atoms with Gasteiger partial charge in [0.15, 0.2) is 0 Å². The summed E-state index contributed by atoms with van der Waals surface area (Å²) in [5, 5.41) is 0. The molecular formula is C45H94N8O. The lowest BCUT2D eigenvalue weighted by Gasteiger charge is -2.53. The van der Waals surface area contributed by atoms with Crippen LogP contribution in [0.4, 0.5) is 0 Å². The van der Waals surface area contributed by atoms with E-state index in [0.717, 1.165) is 25.2 Å². The van der Waals surface area contributed by atoms with Crippen molar-refractivity contribution in [2.45, 2.75) is 164 Å². The van der Waals surface area contributed by atoms with Gasteiger partial charge in [0, 0.05) is 152 Å². The predicted molar refractivity (Wildman–Crippen MR) is 234 cm³/mol. The molecular weight excluding hydrogens is 669 g/mol. The van der Waals surface area contributed by atoms with Gasteiger partial charge < -0.3 is 4.74 Å². The summed E-state index contributed by atoms with van der Waals surface area (Å²) in [5.74, 6) is 0. The normalized spacial score (nSPS) is 24.3. The van der Waals surface area contributed by atoms with E-state index in [-0.39, 0.29) is 5.60 Å². The van der Waals surface area contributed by atoms with E-state index in [0.29, 0.717) is 27.6 Å². The molecule has 0 aromatic carbocycles.